The lowest BCUT2D eigenvalue weighted by Crippen LogP contribution is -2.38. The molecule has 1 aliphatic heterocycles. The lowest BCUT2D eigenvalue weighted by molar-refractivity contribution is 0.0751. The van der Waals surface area contributed by atoms with E-state index in [2.05, 4.69) is 10.00 Å². The zero-order valence-corrected chi connectivity index (χ0v) is 16.1. The minimum Gasteiger partial charge on any atom is -0.364 e. The van der Waals surface area contributed by atoms with Crippen molar-refractivity contribution in [2.45, 2.75) is 38.1 Å². The molecule has 28 heavy (non-hydrogen) atoms. The number of amides is 2. The number of para-hydroxylation sites is 1. The Morgan fingerprint density at radius 1 is 0.964 bits per heavy atom. The van der Waals surface area contributed by atoms with Gasteiger partial charge in [0.15, 0.2) is 5.69 Å². The Labute approximate surface area is 165 Å². The SMILES string of the molecule is NC(=O)c1cc(C(=O)N2CCCN(C3CCCC3)CC2)nn1-c1ccccc1. The van der Waals surface area contributed by atoms with Crippen LogP contribution in [0.3, 0.4) is 0 Å². The number of hydrogen-bond donors (Lipinski definition) is 1. The van der Waals surface area contributed by atoms with Crippen molar-refractivity contribution in [3.8, 4) is 5.69 Å². The fourth-order valence-corrected chi connectivity index (χ4v) is 4.36. The largest absolute Gasteiger partial charge is 0.364 e. The molecule has 2 amide bonds. The number of nitrogens with zero attached hydrogens (tertiary/aromatic N) is 4. The van der Waals surface area contributed by atoms with Crippen LogP contribution in [0.4, 0.5) is 0 Å². The molecule has 148 valence electrons. The number of carbonyl (C=O) groups excluding carboxylic acids is 2. The van der Waals surface area contributed by atoms with E-state index < -0.39 is 5.91 Å². The lowest BCUT2D eigenvalue weighted by Gasteiger charge is -2.27. The molecule has 0 atom stereocenters. The number of aromatic nitrogens is 2. The minimum absolute atomic E-state index is 0.134. The topological polar surface area (TPSA) is 84.5 Å². The van der Waals surface area contributed by atoms with E-state index in [9.17, 15) is 9.59 Å². The Hall–Kier alpha value is -2.67. The van der Waals surface area contributed by atoms with Crippen molar-refractivity contribution in [1.82, 2.24) is 19.6 Å². The third-order valence-electron chi connectivity index (χ3n) is 5.84. The van der Waals surface area contributed by atoms with Crippen LogP contribution in [0.15, 0.2) is 36.4 Å². The molecule has 1 aromatic heterocycles. The van der Waals surface area contributed by atoms with Gasteiger partial charge < -0.3 is 10.6 Å². The number of primary amides is 1. The molecule has 1 saturated carbocycles. The first-order valence-corrected chi connectivity index (χ1v) is 10.1. The van der Waals surface area contributed by atoms with Gasteiger partial charge in [0.25, 0.3) is 11.8 Å². The van der Waals surface area contributed by atoms with Gasteiger partial charge in [-0.1, -0.05) is 31.0 Å². The van der Waals surface area contributed by atoms with E-state index in [1.54, 1.807) is 0 Å². The molecule has 1 saturated heterocycles. The van der Waals surface area contributed by atoms with Gasteiger partial charge in [-0.15, -0.1) is 0 Å². The Morgan fingerprint density at radius 2 is 1.71 bits per heavy atom. The summed E-state index contributed by atoms with van der Waals surface area (Å²) in [6, 6.07) is 11.4. The van der Waals surface area contributed by atoms with E-state index in [4.69, 9.17) is 5.73 Å². The molecular weight excluding hydrogens is 354 g/mol. The maximum Gasteiger partial charge on any atom is 0.274 e. The van der Waals surface area contributed by atoms with Crippen LogP contribution >= 0.6 is 0 Å². The summed E-state index contributed by atoms with van der Waals surface area (Å²) in [6.45, 7) is 3.35. The molecule has 0 radical (unpaired) electrons. The molecule has 2 N–H and O–H groups in total. The first kappa shape index (κ1) is 18.7. The molecule has 4 rings (SSSR count). The quantitative estimate of drug-likeness (QED) is 0.879. The van der Waals surface area contributed by atoms with E-state index in [-0.39, 0.29) is 17.3 Å². The van der Waals surface area contributed by atoms with Crippen LogP contribution in [0.25, 0.3) is 5.69 Å². The summed E-state index contributed by atoms with van der Waals surface area (Å²) in [7, 11) is 0. The average molecular weight is 381 g/mol. The molecule has 2 fully saturated rings. The minimum atomic E-state index is -0.598. The number of carbonyl (C=O) groups is 2. The van der Waals surface area contributed by atoms with Crippen molar-refractivity contribution in [3.05, 3.63) is 47.8 Å². The Bertz CT molecular complexity index is 842. The second-order valence-corrected chi connectivity index (χ2v) is 7.65. The van der Waals surface area contributed by atoms with E-state index in [0.717, 1.165) is 19.5 Å². The third kappa shape index (κ3) is 3.80. The third-order valence-corrected chi connectivity index (χ3v) is 5.84. The monoisotopic (exact) mass is 381 g/mol. The van der Waals surface area contributed by atoms with Crippen LogP contribution in [-0.2, 0) is 0 Å². The van der Waals surface area contributed by atoms with Crippen molar-refractivity contribution >= 4 is 11.8 Å². The van der Waals surface area contributed by atoms with E-state index in [0.29, 0.717) is 24.8 Å². The predicted molar refractivity (Wildman–Crippen MR) is 106 cm³/mol. The zero-order valence-electron chi connectivity index (χ0n) is 16.1. The van der Waals surface area contributed by atoms with E-state index >= 15 is 0 Å². The van der Waals surface area contributed by atoms with Gasteiger partial charge >= 0.3 is 0 Å². The second-order valence-electron chi connectivity index (χ2n) is 7.65. The summed E-state index contributed by atoms with van der Waals surface area (Å²) in [5, 5.41) is 4.41. The Balaban J connectivity index is 1.52. The van der Waals surface area contributed by atoms with Crippen LogP contribution in [0.5, 0.6) is 0 Å². The van der Waals surface area contributed by atoms with Gasteiger partial charge in [0.05, 0.1) is 5.69 Å². The van der Waals surface area contributed by atoms with Gasteiger partial charge in [0.1, 0.15) is 5.69 Å². The average Bonchev–Trinajstić information content (AvgIpc) is 3.34. The number of hydrogen-bond acceptors (Lipinski definition) is 4. The van der Waals surface area contributed by atoms with Crippen molar-refractivity contribution < 1.29 is 9.59 Å². The zero-order chi connectivity index (χ0) is 19.5. The molecule has 1 aromatic carbocycles. The lowest BCUT2D eigenvalue weighted by atomic mass is 10.2. The summed E-state index contributed by atoms with van der Waals surface area (Å²) in [5.74, 6) is -0.732. The van der Waals surface area contributed by atoms with Crippen LogP contribution in [0, 0.1) is 0 Å². The van der Waals surface area contributed by atoms with Crippen LogP contribution in [-0.4, -0.2) is 63.6 Å². The molecule has 1 aliphatic carbocycles. The van der Waals surface area contributed by atoms with E-state index in [1.165, 1.54) is 36.4 Å². The summed E-state index contributed by atoms with van der Waals surface area (Å²) in [5.41, 5.74) is 6.72. The van der Waals surface area contributed by atoms with Crippen molar-refractivity contribution in [2.24, 2.45) is 5.73 Å². The van der Waals surface area contributed by atoms with Crippen molar-refractivity contribution in [3.63, 3.8) is 0 Å². The van der Waals surface area contributed by atoms with Crippen LogP contribution in [0.2, 0.25) is 0 Å². The number of nitrogens with two attached hydrogens (primary N) is 1. The van der Waals surface area contributed by atoms with Gasteiger partial charge in [-0.25, -0.2) is 4.68 Å². The van der Waals surface area contributed by atoms with E-state index in [1.807, 2.05) is 35.2 Å². The van der Waals surface area contributed by atoms with Gasteiger partial charge in [-0.2, -0.15) is 5.10 Å². The molecule has 7 nitrogen and oxygen atoms in total. The highest BCUT2D eigenvalue weighted by molar-refractivity contribution is 5.97. The highest BCUT2D eigenvalue weighted by Crippen LogP contribution is 2.24. The summed E-state index contributed by atoms with van der Waals surface area (Å²) in [6.07, 6.45) is 6.15. The summed E-state index contributed by atoms with van der Waals surface area (Å²) < 4.78 is 1.46. The van der Waals surface area contributed by atoms with Gasteiger partial charge in [-0.3, -0.25) is 14.5 Å². The highest BCUT2D eigenvalue weighted by Gasteiger charge is 2.28. The Kier molecular flexibility index (Phi) is 5.43. The standard InChI is InChI=1S/C21H27N5O2/c22-20(27)19-15-18(23-26(19)17-9-2-1-3-10-17)21(28)25-12-6-11-24(13-14-25)16-7-4-5-8-16/h1-3,9-10,15-16H,4-8,11-14H2,(H2,22,27). The molecular formula is C21H27N5O2. The van der Waals surface area contributed by atoms with Crippen molar-refractivity contribution in [1.29, 1.82) is 0 Å². The Morgan fingerprint density at radius 3 is 2.43 bits per heavy atom. The first-order valence-electron chi connectivity index (χ1n) is 10.1. The fourth-order valence-electron chi connectivity index (χ4n) is 4.36. The molecule has 7 heteroatoms. The smallest absolute Gasteiger partial charge is 0.274 e. The molecule has 2 aliphatic rings. The summed E-state index contributed by atoms with van der Waals surface area (Å²) in [4.78, 5) is 29.4. The maximum atomic E-state index is 13.1. The van der Waals surface area contributed by atoms with Gasteiger partial charge in [0.2, 0.25) is 0 Å². The molecule has 0 bridgehead atoms. The molecule has 2 heterocycles. The number of benzene rings is 1. The van der Waals surface area contributed by atoms with Crippen molar-refractivity contribution in [2.75, 3.05) is 26.2 Å². The highest BCUT2D eigenvalue weighted by atomic mass is 16.2. The summed E-state index contributed by atoms with van der Waals surface area (Å²) >= 11 is 0. The molecule has 0 unspecified atom stereocenters. The second kappa shape index (κ2) is 8.14. The van der Waals surface area contributed by atoms with Gasteiger partial charge in [0, 0.05) is 38.3 Å². The number of rotatable bonds is 4. The maximum absolute atomic E-state index is 13.1. The molecule has 2 aromatic rings. The van der Waals surface area contributed by atoms with Crippen LogP contribution in [0.1, 0.15) is 53.1 Å². The molecule has 0 spiro atoms. The van der Waals surface area contributed by atoms with Gasteiger partial charge in [-0.05, 0) is 31.4 Å². The normalized spacial score (nSPS) is 18.9. The van der Waals surface area contributed by atoms with Crippen LogP contribution < -0.4 is 5.73 Å². The fraction of sp³-hybridized carbons (Fsp3) is 0.476. The first-order chi connectivity index (χ1) is 13.6. The predicted octanol–water partition coefficient (Wildman–Crippen LogP) is 2.06.